The van der Waals surface area contributed by atoms with E-state index < -0.39 is 0 Å². The summed E-state index contributed by atoms with van der Waals surface area (Å²) in [6, 6.07) is 19.7. The molecule has 0 spiro atoms. The van der Waals surface area contributed by atoms with E-state index >= 15 is 0 Å². The number of thiol groups is 1. The monoisotopic (exact) mass is 449 g/mol. The third kappa shape index (κ3) is 3.40. The molecule has 4 aromatic carbocycles. The molecule has 0 fully saturated rings. The van der Waals surface area contributed by atoms with Crippen LogP contribution in [0, 0.1) is 13.8 Å². The van der Waals surface area contributed by atoms with Gasteiger partial charge in [-0.05, 0) is 79.1 Å². The molecule has 31 heavy (non-hydrogen) atoms. The van der Waals surface area contributed by atoms with Crippen LogP contribution in [0.3, 0.4) is 0 Å². The molecule has 3 nitrogen and oxygen atoms in total. The van der Waals surface area contributed by atoms with E-state index in [0.717, 1.165) is 66.7 Å². The average Bonchev–Trinajstić information content (AvgIpc) is 3.20. The molecule has 1 aliphatic rings. The fourth-order valence-corrected chi connectivity index (χ4v) is 5.57. The second kappa shape index (κ2) is 7.70. The van der Waals surface area contributed by atoms with Crippen molar-refractivity contribution in [3.8, 4) is 28.4 Å². The van der Waals surface area contributed by atoms with E-state index in [9.17, 15) is 5.11 Å². The molecule has 0 bridgehead atoms. The summed E-state index contributed by atoms with van der Waals surface area (Å²) in [7, 11) is 1.66. The molecular formula is C26H22ClO3S+. The minimum absolute atomic E-state index is 0.162. The number of halogens is 1. The molecule has 0 radical (unpaired) electrons. The summed E-state index contributed by atoms with van der Waals surface area (Å²) in [4.78, 5) is 0.983. The number of phenolic OH excluding ortho intramolecular Hbond substituents is 1. The first kappa shape index (κ1) is 20.1. The summed E-state index contributed by atoms with van der Waals surface area (Å²) in [5.41, 5.74) is 4.86. The minimum atomic E-state index is -0.162. The van der Waals surface area contributed by atoms with Gasteiger partial charge >= 0.3 is 0 Å². The van der Waals surface area contributed by atoms with Gasteiger partial charge in [0.15, 0.2) is 5.75 Å². The van der Waals surface area contributed by atoms with Crippen LogP contribution in [0.1, 0.15) is 22.1 Å². The number of rotatable bonds is 3. The van der Waals surface area contributed by atoms with Crippen molar-refractivity contribution >= 4 is 34.1 Å². The van der Waals surface area contributed by atoms with Crippen molar-refractivity contribution in [1.29, 1.82) is 0 Å². The number of fused-ring (bicyclic) bond motifs is 3. The highest BCUT2D eigenvalue weighted by Crippen LogP contribution is 2.53. The summed E-state index contributed by atoms with van der Waals surface area (Å²) < 4.78 is 11.8. The molecule has 1 heterocycles. The summed E-state index contributed by atoms with van der Waals surface area (Å²) in [6.45, 7) is 4.14. The Morgan fingerprint density at radius 2 is 1.68 bits per heavy atom. The fourth-order valence-electron chi connectivity index (χ4n) is 4.01. The number of phenols is 1. The van der Waals surface area contributed by atoms with E-state index in [1.165, 1.54) is 0 Å². The average molecular weight is 450 g/mol. The van der Waals surface area contributed by atoms with E-state index in [-0.39, 0.29) is 11.2 Å². The van der Waals surface area contributed by atoms with Crippen molar-refractivity contribution in [2.24, 2.45) is 0 Å². The lowest BCUT2D eigenvalue weighted by Crippen LogP contribution is -2.02. The Balaban J connectivity index is 1.74. The van der Waals surface area contributed by atoms with Gasteiger partial charge in [0.2, 0.25) is 4.90 Å². The molecule has 0 amide bonds. The normalized spacial score (nSPS) is 15.0. The first-order valence-electron chi connectivity index (χ1n) is 10.0. The van der Waals surface area contributed by atoms with Gasteiger partial charge in [-0.15, -0.1) is 0 Å². The van der Waals surface area contributed by atoms with Gasteiger partial charge in [0.05, 0.1) is 24.4 Å². The van der Waals surface area contributed by atoms with Crippen molar-refractivity contribution in [3.63, 3.8) is 0 Å². The Kier molecular flexibility index (Phi) is 4.99. The number of aryl methyl sites for hydroxylation is 2. The number of benzene rings is 4. The van der Waals surface area contributed by atoms with Gasteiger partial charge in [0.25, 0.3) is 5.44 Å². The zero-order valence-corrected chi connectivity index (χ0v) is 19.1. The smallest absolute Gasteiger partial charge is 0.286 e. The maximum atomic E-state index is 11.4. The first-order chi connectivity index (χ1) is 15.0. The van der Waals surface area contributed by atoms with Crippen LogP contribution in [0.4, 0.5) is 0 Å². The van der Waals surface area contributed by atoms with Crippen LogP contribution in [0.2, 0.25) is 5.02 Å². The zero-order valence-electron chi connectivity index (χ0n) is 17.4. The van der Waals surface area contributed by atoms with Gasteiger partial charge in [-0.1, -0.05) is 23.7 Å². The Morgan fingerprint density at radius 1 is 0.968 bits per heavy atom. The van der Waals surface area contributed by atoms with Gasteiger partial charge < -0.3 is 14.6 Å². The lowest BCUT2D eigenvalue weighted by Gasteiger charge is -2.13. The van der Waals surface area contributed by atoms with Gasteiger partial charge in [0.1, 0.15) is 11.5 Å². The Labute approximate surface area is 190 Å². The SMILES string of the molecule is COc1ccc(C2Oc3c(c(-c4cccc(Cl)c4)c(O)c4cc(C)c(C)cc34)[SH+]2)cc1. The Morgan fingerprint density at radius 3 is 2.35 bits per heavy atom. The number of aromatic hydroxyl groups is 1. The van der Waals surface area contributed by atoms with Crippen molar-refractivity contribution in [2.75, 3.05) is 7.11 Å². The van der Waals surface area contributed by atoms with Crippen LogP contribution in [0.5, 0.6) is 17.2 Å². The number of methoxy groups -OCH3 is 1. The minimum Gasteiger partial charge on any atom is -0.506 e. The molecule has 1 aliphatic heterocycles. The second-order valence-corrected chi connectivity index (χ2v) is 9.38. The largest absolute Gasteiger partial charge is 0.506 e. The predicted octanol–water partition coefficient (Wildman–Crippen LogP) is 6.76. The molecule has 0 saturated heterocycles. The highest BCUT2D eigenvalue weighted by atomic mass is 35.5. The third-order valence-electron chi connectivity index (χ3n) is 5.81. The summed E-state index contributed by atoms with van der Waals surface area (Å²) in [6.07, 6.45) is 0. The highest BCUT2D eigenvalue weighted by Gasteiger charge is 2.40. The Hall–Kier alpha value is -2.82. The molecule has 5 rings (SSSR count). The molecule has 1 atom stereocenters. The molecule has 1 unspecified atom stereocenters. The molecule has 0 saturated carbocycles. The maximum Gasteiger partial charge on any atom is 0.286 e. The quantitative estimate of drug-likeness (QED) is 0.277. The zero-order chi connectivity index (χ0) is 21.7. The third-order valence-corrected chi connectivity index (χ3v) is 7.37. The van der Waals surface area contributed by atoms with E-state index in [4.69, 9.17) is 21.1 Å². The van der Waals surface area contributed by atoms with Gasteiger partial charge in [-0.3, -0.25) is 0 Å². The lowest BCUT2D eigenvalue weighted by atomic mass is 9.95. The topological polar surface area (TPSA) is 38.7 Å². The van der Waals surface area contributed by atoms with Gasteiger partial charge in [-0.25, -0.2) is 0 Å². The summed E-state index contributed by atoms with van der Waals surface area (Å²) in [5.74, 6) is 1.91. The van der Waals surface area contributed by atoms with Crippen molar-refractivity contribution in [1.82, 2.24) is 0 Å². The highest BCUT2D eigenvalue weighted by molar-refractivity contribution is 7.79. The summed E-state index contributed by atoms with van der Waals surface area (Å²) in [5, 5.41) is 13.7. The molecule has 5 heteroatoms. The molecule has 1 N–H and O–H groups in total. The van der Waals surface area contributed by atoms with Crippen molar-refractivity contribution in [2.45, 2.75) is 24.2 Å². The summed E-state index contributed by atoms with van der Waals surface area (Å²) >= 11 is 7.27. The number of hydrogen-bond acceptors (Lipinski definition) is 3. The maximum absolute atomic E-state index is 11.4. The van der Waals surface area contributed by atoms with Gasteiger partial charge in [0, 0.05) is 21.4 Å². The molecule has 0 aromatic heterocycles. The Bertz CT molecular complexity index is 1320. The van der Waals surface area contributed by atoms with Crippen LogP contribution in [0.25, 0.3) is 21.9 Å². The van der Waals surface area contributed by atoms with Gasteiger partial charge in [-0.2, -0.15) is 0 Å². The predicted molar refractivity (Wildman–Crippen MR) is 129 cm³/mol. The fraction of sp³-hybridized carbons (Fsp3) is 0.154. The number of hydrogen-bond donors (Lipinski definition) is 1. The molecule has 4 aromatic rings. The van der Waals surface area contributed by atoms with E-state index in [2.05, 4.69) is 19.9 Å². The standard InChI is InChI=1S/C26H21ClO3S/c1-14-11-20-21(12-15(14)2)24-25(22(23(20)28)17-5-4-6-18(27)13-17)31-26(30-24)16-7-9-19(29-3)10-8-16/h4-13,26,28H,1-3H3/p+1. The van der Waals surface area contributed by atoms with Crippen molar-refractivity contribution in [3.05, 3.63) is 82.4 Å². The lowest BCUT2D eigenvalue weighted by molar-refractivity contribution is 0.305. The first-order valence-corrected chi connectivity index (χ1v) is 11.4. The van der Waals surface area contributed by atoms with Crippen LogP contribution < -0.4 is 9.47 Å². The van der Waals surface area contributed by atoms with Crippen LogP contribution in [-0.4, -0.2) is 12.2 Å². The molecule has 156 valence electrons. The number of ether oxygens (including phenoxy) is 2. The second-order valence-electron chi connectivity index (χ2n) is 7.77. The van der Waals surface area contributed by atoms with E-state index in [0.29, 0.717) is 5.02 Å². The van der Waals surface area contributed by atoms with Crippen molar-refractivity contribution < 1.29 is 14.6 Å². The van der Waals surface area contributed by atoms with E-state index in [1.54, 1.807) is 7.11 Å². The van der Waals surface area contributed by atoms with E-state index in [1.807, 2.05) is 54.6 Å². The molecular weight excluding hydrogens is 428 g/mol. The van der Waals surface area contributed by atoms with Crippen LogP contribution >= 0.6 is 11.6 Å². The molecule has 0 aliphatic carbocycles. The van der Waals surface area contributed by atoms with Crippen LogP contribution in [-0.2, 0) is 11.8 Å². The van der Waals surface area contributed by atoms with Crippen LogP contribution in [0.15, 0.2) is 65.6 Å².